The average molecular weight is 485 g/mol. The van der Waals surface area contributed by atoms with Gasteiger partial charge in [-0.3, -0.25) is 0 Å². The summed E-state index contributed by atoms with van der Waals surface area (Å²) < 4.78 is 13.3. The third kappa shape index (κ3) is 4.37. The van der Waals surface area contributed by atoms with Crippen LogP contribution in [0.4, 0.5) is 0 Å². The monoisotopic (exact) mass is 484 g/mol. The summed E-state index contributed by atoms with van der Waals surface area (Å²) in [5.41, 5.74) is 2.66. The molecule has 6 rings (SSSR count). The van der Waals surface area contributed by atoms with E-state index in [0.29, 0.717) is 34.7 Å². The van der Waals surface area contributed by atoms with Crippen molar-refractivity contribution in [3.05, 3.63) is 12.2 Å². The number of ether oxygens (including phenoxy) is 2. The molecule has 3 aliphatic heterocycles. The van der Waals surface area contributed by atoms with Crippen molar-refractivity contribution in [2.24, 2.45) is 34.0 Å². The third-order valence-corrected chi connectivity index (χ3v) is 12.3. The first-order valence-electron chi connectivity index (χ1n) is 15.2. The number of piperidine rings is 1. The molecule has 3 saturated carbocycles. The normalized spacial score (nSPS) is 45.1. The lowest BCUT2D eigenvalue weighted by atomic mass is 9.46. The molecule has 3 heterocycles. The lowest BCUT2D eigenvalue weighted by Crippen LogP contribution is -2.62. The van der Waals surface area contributed by atoms with E-state index in [1.807, 2.05) is 0 Å². The van der Waals surface area contributed by atoms with E-state index in [-0.39, 0.29) is 11.7 Å². The van der Waals surface area contributed by atoms with Crippen molar-refractivity contribution in [3.8, 4) is 0 Å². The Kier molecular flexibility index (Phi) is 6.68. The maximum Gasteiger partial charge on any atom is 0.160 e. The van der Waals surface area contributed by atoms with Crippen LogP contribution in [0.2, 0.25) is 0 Å². The number of fused-ring (bicyclic) bond motifs is 3. The molecule has 6 fully saturated rings. The predicted molar refractivity (Wildman–Crippen MR) is 142 cm³/mol. The largest absolute Gasteiger partial charge is 0.352 e. The number of likely N-dealkylation sites (tertiary alicyclic amines) is 2. The SMILES string of the molecule is C=C1CCC2[C@]3(C)CO[C@@H](C4CCCC4)O[C@@H]3CC[C@@]2(C)[C@@H]1CCN1CCC2(CCN(C)CC2)C1. The van der Waals surface area contributed by atoms with Gasteiger partial charge < -0.3 is 19.3 Å². The van der Waals surface area contributed by atoms with Crippen LogP contribution in [-0.2, 0) is 9.47 Å². The zero-order chi connectivity index (χ0) is 24.3. The van der Waals surface area contributed by atoms with Crippen LogP contribution in [0.5, 0.6) is 0 Å². The van der Waals surface area contributed by atoms with Gasteiger partial charge in [0.05, 0.1) is 12.7 Å². The van der Waals surface area contributed by atoms with Crippen LogP contribution in [0.3, 0.4) is 0 Å². The van der Waals surface area contributed by atoms with Gasteiger partial charge in [-0.2, -0.15) is 0 Å². The van der Waals surface area contributed by atoms with Crippen molar-refractivity contribution in [1.82, 2.24) is 9.80 Å². The summed E-state index contributed by atoms with van der Waals surface area (Å²) in [6.45, 7) is 17.2. The topological polar surface area (TPSA) is 24.9 Å². The molecular formula is C31H52N2O2. The Labute approximate surface area is 215 Å². The molecule has 6 atom stereocenters. The van der Waals surface area contributed by atoms with Crippen molar-refractivity contribution in [2.45, 2.75) is 103 Å². The second-order valence-electron chi connectivity index (χ2n) is 14.3. The summed E-state index contributed by atoms with van der Waals surface area (Å²) >= 11 is 0. The lowest BCUT2D eigenvalue weighted by Gasteiger charge is -2.63. The number of allylic oxidation sites excluding steroid dienone is 1. The molecule has 0 aromatic heterocycles. The molecule has 0 aromatic carbocycles. The Hall–Kier alpha value is -0.420. The summed E-state index contributed by atoms with van der Waals surface area (Å²) in [4.78, 5) is 5.34. The Morgan fingerprint density at radius 2 is 1.69 bits per heavy atom. The Morgan fingerprint density at radius 1 is 0.943 bits per heavy atom. The summed E-state index contributed by atoms with van der Waals surface area (Å²) in [7, 11) is 2.29. The molecule has 0 radical (unpaired) electrons. The minimum Gasteiger partial charge on any atom is -0.352 e. The Balaban J connectivity index is 1.11. The minimum atomic E-state index is 0.0661. The average Bonchev–Trinajstić information content (AvgIpc) is 3.51. The van der Waals surface area contributed by atoms with E-state index in [1.165, 1.54) is 110 Å². The first kappa shape index (κ1) is 24.9. The van der Waals surface area contributed by atoms with Crippen molar-refractivity contribution in [1.29, 1.82) is 0 Å². The first-order valence-corrected chi connectivity index (χ1v) is 15.2. The maximum atomic E-state index is 6.79. The molecule has 1 spiro atoms. The molecular weight excluding hydrogens is 432 g/mol. The summed E-state index contributed by atoms with van der Waals surface area (Å²) in [6.07, 6.45) is 16.3. The number of hydrogen-bond acceptors (Lipinski definition) is 4. The molecule has 6 aliphatic rings. The second-order valence-corrected chi connectivity index (χ2v) is 14.3. The molecule has 0 amide bonds. The number of rotatable bonds is 4. The molecule has 35 heavy (non-hydrogen) atoms. The molecule has 4 heteroatoms. The summed E-state index contributed by atoms with van der Waals surface area (Å²) in [6, 6.07) is 0. The van der Waals surface area contributed by atoms with Crippen LogP contribution >= 0.6 is 0 Å². The molecule has 3 aliphatic carbocycles. The van der Waals surface area contributed by atoms with Crippen molar-refractivity contribution in [2.75, 3.05) is 46.4 Å². The number of hydrogen-bond donors (Lipinski definition) is 0. The van der Waals surface area contributed by atoms with Gasteiger partial charge in [0.15, 0.2) is 6.29 Å². The van der Waals surface area contributed by atoms with E-state index in [2.05, 4.69) is 37.3 Å². The van der Waals surface area contributed by atoms with Crippen molar-refractivity contribution >= 4 is 0 Å². The lowest BCUT2D eigenvalue weighted by molar-refractivity contribution is -0.316. The molecule has 3 saturated heterocycles. The molecule has 1 unspecified atom stereocenters. The highest BCUT2D eigenvalue weighted by Gasteiger charge is 2.60. The molecule has 4 nitrogen and oxygen atoms in total. The van der Waals surface area contributed by atoms with Crippen LogP contribution < -0.4 is 0 Å². The standard InChI is InChI=1S/C31H52N2O2/c1-23-9-10-26-29(2,13-11-27-30(26,3)22-34-28(35-27)24-7-5-6-8-24)25(23)12-17-33-20-16-31(21-33)14-18-32(4)19-15-31/h24-28H,1,5-22H2,2-4H3/t25-,26?,27-,28-,29+,30+/m1/s1. The zero-order valence-corrected chi connectivity index (χ0v) is 23.0. The molecule has 198 valence electrons. The highest BCUT2D eigenvalue weighted by Crippen LogP contribution is 2.63. The van der Waals surface area contributed by atoms with Gasteiger partial charge in [0.25, 0.3) is 0 Å². The Morgan fingerprint density at radius 3 is 2.46 bits per heavy atom. The quantitative estimate of drug-likeness (QED) is 0.449. The van der Waals surface area contributed by atoms with Gasteiger partial charge in [-0.1, -0.05) is 38.8 Å². The van der Waals surface area contributed by atoms with Gasteiger partial charge in [-0.25, -0.2) is 0 Å². The van der Waals surface area contributed by atoms with Crippen molar-refractivity contribution in [3.63, 3.8) is 0 Å². The molecule has 0 N–H and O–H groups in total. The fraction of sp³-hybridized carbons (Fsp3) is 0.935. The summed E-state index contributed by atoms with van der Waals surface area (Å²) in [5.74, 6) is 1.98. The smallest absolute Gasteiger partial charge is 0.160 e. The minimum absolute atomic E-state index is 0.0661. The zero-order valence-electron chi connectivity index (χ0n) is 23.0. The van der Waals surface area contributed by atoms with Crippen LogP contribution in [0, 0.1) is 34.0 Å². The summed E-state index contributed by atoms with van der Waals surface area (Å²) in [5, 5.41) is 0. The van der Waals surface area contributed by atoms with Gasteiger partial charge >= 0.3 is 0 Å². The van der Waals surface area contributed by atoms with Crippen LogP contribution in [0.25, 0.3) is 0 Å². The van der Waals surface area contributed by atoms with E-state index >= 15 is 0 Å². The van der Waals surface area contributed by atoms with E-state index < -0.39 is 0 Å². The van der Waals surface area contributed by atoms with E-state index in [0.717, 1.165) is 6.61 Å². The second kappa shape index (κ2) is 9.40. The van der Waals surface area contributed by atoms with Gasteiger partial charge in [0.2, 0.25) is 0 Å². The van der Waals surface area contributed by atoms with Gasteiger partial charge in [0.1, 0.15) is 0 Å². The fourth-order valence-corrected chi connectivity index (χ4v) is 9.89. The maximum absolute atomic E-state index is 6.79. The van der Waals surface area contributed by atoms with E-state index in [9.17, 15) is 0 Å². The van der Waals surface area contributed by atoms with E-state index in [1.54, 1.807) is 5.57 Å². The van der Waals surface area contributed by atoms with Crippen molar-refractivity contribution < 1.29 is 9.47 Å². The molecule has 0 bridgehead atoms. The van der Waals surface area contributed by atoms with E-state index in [4.69, 9.17) is 9.47 Å². The third-order valence-electron chi connectivity index (χ3n) is 12.3. The number of nitrogens with zero attached hydrogens (tertiary/aromatic N) is 2. The van der Waals surface area contributed by atoms with Crippen LogP contribution in [0.15, 0.2) is 12.2 Å². The Bertz CT molecular complexity index is 785. The van der Waals surface area contributed by atoms with Crippen LogP contribution in [-0.4, -0.2) is 68.6 Å². The highest BCUT2D eigenvalue weighted by atomic mass is 16.7. The van der Waals surface area contributed by atoms with Gasteiger partial charge in [-0.15, -0.1) is 0 Å². The van der Waals surface area contributed by atoms with Gasteiger partial charge in [0, 0.05) is 17.9 Å². The van der Waals surface area contributed by atoms with Crippen LogP contribution in [0.1, 0.15) is 90.9 Å². The fourth-order valence-electron chi connectivity index (χ4n) is 9.89. The molecule has 0 aromatic rings. The first-order chi connectivity index (χ1) is 16.8. The highest BCUT2D eigenvalue weighted by molar-refractivity contribution is 5.18. The van der Waals surface area contributed by atoms with Gasteiger partial charge in [-0.05, 0) is 120 Å². The predicted octanol–water partition coefficient (Wildman–Crippen LogP) is 6.11.